The van der Waals surface area contributed by atoms with Gasteiger partial charge in [0, 0.05) is 47.4 Å². The van der Waals surface area contributed by atoms with Crippen LogP contribution < -0.4 is 16.0 Å². The molecule has 0 spiro atoms. The highest BCUT2D eigenvalue weighted by atomic mass is 35.5. The van der Waals surface area contributed by atoms with Gasteiger partial charge in [-0.25, -0.2) is 9.97 Å². The minimum absolute atomic E-state index is 0. The normalized spacial score (nSPS) is 30.3. The fourth-order valence-electron chi connectivity index (χ4n) is 3.95. The predicted molar refractivity (Wildman–Crippen MR) is 114 cm³/mol. The van der Waals surface area contributed by atoms with Crippen molar-refractivity contribution in [2.45, 2.75) is 29.8 Å². The standard InChI is InChI=1S/C17H21N5S2.2ClH/c18-15-21-17(14-2-1-7-23-14)10-22(8-12(17)9-24-15)16-19-6-5-13(20-16)11-3-4-11;;/h1-2,5-7,11-12,15,21H,3-4,8-10,18H2;2*1H/t12-,15?,17-;;/m0../s1. The van der Waals surface area contributed by atoms with E-state index in [4.69, 9.17) is 10.7 Å². The molecule has 9 heteroatoms. The first-order chi connectivity index (χ1) is 11.7. The Labute approximate surface area is 174 Å². The van der Waals surface area contributed by atoms with Crippen molar-refractivity contribution >= 4 is 53.9 Å². The highest BCUT2D eigenvalue weighted by Gasteiger charge is 2.52. The molecule has 3 atom stereocenters. The molecular weight excluding hydrogens is 409 g/mol. The summed E-state index contributed by atoms with van der Waals surface area (Å²) in [6.45, 7) is 1.87. The van der Waals surface area contributed by atoms with Crippen LogP contribution in [-0.4, -0.2) is 34.3 Å². The molecule has 2 aromatic heterocycles. The first-order valence-electron chi connectivity index (χ1n) is 8.51. The molecule has 3 aliphatic rings. The Morgan fingerprint density at radius 1 is 1.27 bits per heavy atom. The Balaban J connectivity index is 0.000000980. The van der Waals surface area contributed by atoms with Gasteiger partial charge in [0.2, 0.25) is 5.95 Å². The topological polar surface area (TPSA) is 67.1 Å². The SMILES string of the molecule is Cl.Cl.NC1N[C@@]2(c3cccs3)CN(c3nccc(C4CC4)n3)C[C@H]2CS1. The van der Waals surface area contributed by atoms with Gasteiger partial charge in [-0.1, -0.05) is 6.07 Å². The van der Waals surface area contributed by atoms with Crippen LogP contribution in [0, 0.1) is 5.92 Å². The van der Waals surface area contributed by atoms with Gasteiger partial charge < -0.3 is 10.6 Å². The number of nitrogens with zero attached hydrogens (tertiary/aromatic N) is 3. The zero-order valence-electron chi connectivity index (χ0n) is 14.2. The summed E-state index contributed by atoms with van der Waals surface area (Å²) in [6.07, 6.45) is 4.46. The van der Waals surface area contributed by atoms with Crippen LogP contribution in [0.1, 0.15) is 29.3 Å². The average molecular weight is 432 g/mol. The molecule has 3 fully saturated rings. The minimum atomic E-state index is -0.0716. The highest BCUT2D eigenvalue weighted by molar-refractivity contribution is 7.99. The van der Waals surface area contributed by atoms with E-state index >= 15 is 0 Å². The average Bonchev–Trinajstić information content (AvgIpc) is 3.15. The number of nitrogens with two attached hydrogens (primary N) is 1. The molecule has 26 heavy (non-hydrogen) atoms. The zero-order valence-corrected chi connectivity index (χ0v) is 17.5. The summed E-state index contributed by atoms with van der Waals surface area (Å²) in [4.78, 5) is 13.2. The van der Waals surface area contributed by atoms with Crippen LogP contribution in [-0.2, 0) is 5.54 Å². The Morgan fingerprint density at radius 2 is 2.12 bits per heavy atom. The second-order valence-corrected chi connectivity index (χ2v) is 9.10. The lowest BCUT2D eigenvalue weighted by Gasteiger charge is -2.41. The molecule has 0 aromatic carbocycles. The summed E-state index contributed by atoms with van der Waals surface area (Å²) in [7, 11) is 0. The van der Waals surface area contributed by atoms with Crippen molar-refractivity contribution in [1.29, 1.82) is 0 Å². The second kappa shape index (κ2) is 7.81. The van der Waals surface area contributed by atoms with Crippen molar-refractivity contribution in [1.82, 2.24) is 15.3 Å². The third-order valence-corrected chi connectivity index (χ3v) is 7.48. The van der Waals surface area contributed by atoms with E-state index in [0.29, 0.717) is 11.8 Å². The monoisotopic (exact) mass is 431 g/mol. The lowest BCUT2D eigenvalue weighted by atomic mass is 9.86. The van der Waals surface area contributed by atoms with Crippen LogP contribution in [0.15, 0.2) is 29.8 Å². The second-order valence-electron chi connectivity index (χ2n) is 6.98. The molecule has 1 unspecified atom stereocenters. The predicted octanol–water partition coefficient (Wildman–Crippen LogP) is 3.17. The first-order valence-corrected chi connectivity index (χ1v) is 10.4. The minimum Gasteiger partial charge on any atom is -0.338 e. The number of halogens is 2. The third-order valence-electron chi connectivity index (χ3n) is 5.36. The van der Waals surface area contributed by atoms with Gasteiger partial charge in [0.1, 0.15) is 5.50 Å². The molecule has 5 nitrogen and oxygen atoms in total. The lowest BCUT2D eigenvalue weighted by Crippen LogP contribution is -2.58. The Bertz CT molecular complexity index is 743. The molecule has 5 rings (SSSR count). The Morgan fingerprint density at radius 3 is 2.85 bits per heavy atom. The van der Waals surface area contributed by atoms with Gasteiger partial charge in [0.05, 0.1) is 5.54 Å². The fraction of sp³-hybridized carbons (Fsp3) is 0.529. The maximum absolute atomic E-state index is 6.24. The summed E-state index contributed by atoms with van der Waals surface area (Å²) < 4.78 is 0. The summed E-state index contributed by atoms with van der Waals surface area (Å²) in [6, 6.07) is 6.44. The van der Waals surface area contributed by atoms with Crippen LogP contribution in [0.2, 0.25) is 0 Å². The van der Waals surface area contributed by atoms with E-state index in [1.165, 1.54) is 23.4 Å². The third kappa shape index (κ3) is 3.45. The fourth-order valence-corrected chi connectivity index (χ4v) is 6.03. The van der Waals surface area contributed by atoms with E-state index in [2.05, 4.69) is 38.8 Å². The number of anilines is 1. The molecule has 1 aliphatic carbocycles. The van der Waals surface area contributed by atoms with Gasteiger partial charge in [-0.2, -0.15) is 0 Å². The molecule has 1 saturated carbocycles. The number of nitrogens with one attached hydrogen (secondary N) is 1. The molecule has 2 aliphatic heterocycles. The molecule has 2 saturated heterocycles. The maximum atomic E-state index is 6.24. The molecule has 3 N–H and O–H groups in total. The largest absolute Gasteiger partial charge is 0.338 e. The molecular formula is C17H23Cl2N5S2. The Kier molecular flexibility index (Phi) is 6.06. The van der Waals surface area contributed by atoms with Gasteiger partial charge in [0.15, 0.2) is 0 Å². The summed E-state index contributed by atoms with van der Waals surface area (Å²) in [5.74, 6) is 3.13. The Hall–Kier alpha value is -0.570. The number of thiophene rings is 1. The summed E-state index contributed by atoms with van der Waals surface area (Å²) in [5.41, 5.74) is 7.37. The van der Waals surface area contributed by atoms with Gasteiger partial charge >= 0.3 is 0 Å². The van der Waals surface area contributed by atoms with Crippen LogP contribution in [0.3, 0.4) is 0 Å². The summed E-state index contributed by atoms with van der Waals surface area (Å²) >= 11 is 3.63. The summed E-state index contributed by atoms with van der Waals surface area (Å²) in [5, 5.41) is 5.85. The number of aromatic nitrogens is 2. The van der Waals surface area contributed by atoms with Crippen molar-refractivity contribution in [3.05, 3.63) is 40.3 Å². The van der Waals surface area contributed by atoms with Crippen LogP contribution in [0.25, 0.3) is 0 Å². The van der Waals surface area contributed by atoms with E-state index < -0.39 is 0 Å². The van der Waals surface area contributed by atoms with Crippen molar-refractivity contribution in [3.8, 4) is 0 Å². The molecule has 0 bridgehead atoms. The van der Waals surface area contributed by atoms with Gasteiger partial charge in [-0.15, -0.1) is 47.9 Å². The van der Waals surface area contributed by atoms with Gasteiger partial charge in [-0.05, 0) is 30.4 Å². The maximum Gasteiger partial charge on any atom is 0.225 e. The lowest BCUT2D eigenvalue weighted by molar-refractivity contribution is 0.280. The van der Waals surface area contributed by atoms with E-state index in [1.54, 1.807) is 0 Å². The van der Waals surface area contributed by atoms with Crippen molar-refractivity contribution in [3.63, 3.8) is 0 Å². The number of thioether (sulfide) groups is 1. The van der Waals surface area contributed by atoms with E-state index in [1.807, 2.05) is 29.3 Å². The van der Waals surface area contributed by atoms with E-state index in [9.17, 15) is 0 Å². The van der Waals surface area contributed by atoms with Gasteiger partial charge in [-0.3, -0.25) is 5.32 Å². The zero-order chi connectivity index (χ0) is 16.1. The number of fused-ring (bicyclic) bond motifs is 1. The molecule has 2 aromatic rings. The molecule has 0 radical (unpaired) electrons. The number of hydrogen-bond donors (Lipinski definition) is 2. The van der Waals surface area contributed by atoms with E-state index in [0.717, 1.165) is 24.8 Å². The molecule has 4 heterocycles. The van der Waals surface area contributed by atoms with Gasteiger partial charge in [0.25, 0.3) is 0 Å². The highest BCUT2D eigenvalue weighted by Crippen LogP contribution is 2.45. The number of rotatable bonds is 3. The molecule has 0 amide bonds. The quantitative estimate of drug-likeness (QED) is 0.777. The van der Waals surface area contributed by atoms with Crippen molar-refractivity contribution in [2.75, 3.05) is 23.7 Å². The van der Waals surface area contributed by atoms with E-state index in [-0.39, 0.29) is 35.9 Å². The first kappa shape index (κ1) is 20.2. The van der Waals surface area contributed by atoms with Crippen LogP contribution in [0.5, 0.6) is 0 Å². The molecule has 142 valence electrons. The van der Waals surface area contributed by atoms with Crippen LogP contribution in [0.4, 0.5) is 5.95 Å². The number of hydrogen-bond acceptors (Lipinski definition) is 7. The van der Waals surface area contributed by atoms with Crippen molar-refractivity contribution < 1.29 is 0 Å². The smallest absolute Gasteiger partial charge is 0.225 e. The van der Waals surface area contributed by atoms with Crippen LogP contribution >= 0.6 is 47.9 Å². The van der Waals surface area contributed by atoms with Crippen molar-refractivity contribution in [2.24, 2.45) is 11.7 Å².